The largest absolute Gasteiger partial charge is 0.477 e. The molecular formula is C14H18N2O. The van der Waals surface area contributed by atoms with E-state index in [0.29, 0.717) is 18.1 Å². The van der Waals surface area contributed by atoms with E-state index in [-0.39, 0.29) is 0 Å². The van der Waals surface area contributed by atoms with Crippen LogP contribution in [0.25, 0.3) is 0 Å². The monoisotopic (exact) mass is 230 g/mol. The highest BCUT2D eigenvalue weighted by atomic mass is 16.5. The topological polar surface area (TPSA) is 45.9 Å². The highest BCUT2D eigenvalue weighted by Gasteiger charge is 2.15. The summed E-state index contributed by atoms with van der Waals surface area (Å²) in [6.45, 7) is 2.77. The first-order valence-corrected chi connectivity index (χ1v) is 6.41. The van der Waals surface area contributed by atoms with Gasteiger partial charge in [-0.15, -0.1) is 0 Å². The minimum absolute atomic E-state index is 0.529. The molecule has 0 saturated carbocycles. The summed E-state index contributed by atoms with van der Waals surface area (Å²) in [5, 5.41) is 9.11. The highest BCUT2D eigenvalue weighted by Crippen LogP contribution is 2.25. The first-order chi connectivity index (χ1) is 8.35. The van der Waals surface area contributed by atoms with Gasteiger partial charge < -0.3 is 4.74 Å². The third-order valence-corrected chi connectivity index (χ3v) is 3.12. The third-order valence-electron chi connectivity index (χ3n) is 3.12. The quantitative estimate of drug-likeness (QED) is 0.747. The number of hydrogen-bond acceptors (Lipinski definition) is 3. The molecule has 1 aromatic heterocycles. The van der Waals surface area contributed by atoms with Crippen molar-refractivity contribution in [2.75, 3.05) is 6.61 Å². The Kier molecular flexibility index (Phi) is 3.98. The van der Waals surface area contributed by atoms with Crippen LogP contribution >= 0.6 is 0 Å². The van der Waals surface area contributed by atoms with Crippen molar-refractivity contribution in [3.05, 3.63) is 22.9 Å². The van der Waals surface area contributed by atoms with Crippen molar-refractivity contribution in [2.24, 2.45) is 0 Å². The standard InChI is InChI=1S/C14H18N2O/c1-2-3-8-17-14-12(10-15)9-11-6-4-5-7-13(11)16-14/h9H,2-8H2,1H3. The molecule has 0 N–H and O–H groups in total. The van der Waals surface area contributed by atoms with Crippen molar-refractivity contribution in [3.63, 3.8) is 0 Å². The van der Waals surface area contributed by atoms with Gasteiger partial charge >= 0.3 is 0 Å². The van der Waals surface area contributed by atoms with Crippen molar-refractivity contribution in [3.8, 4) is 11.9 Å². The molecule has 0 aliphatic heterocycles. The van der Waals surface area contributed by atoms with Gasteiger partial charge in [-0.3, -0.25) is 0 Å². The van der Waals surface area contributed by atoms with E-state index in [9.17, 15) is 0 Å². The number of pyridine rings is 1. The van der Waals surface area contributed by atoms with E-state index >= 15 is 0 Å². The molecule has 1 aliphatic rings. The number of nitriles is 1. The van der Waals surface area contributed by atoms with Crippen LogP contribution in [0.3, 0.4) is 0 Å². The molecule has 2 rings (SSSR count). The number of hydrogen-bond donors (Lipinski definition) is 0. The number of ether oxygens (including phenoxy) is 1. The van der Waals surface area contributed by atoms with Gasteiger partial charge in [0.15, 0.2) is 0 Å². The van der Waals surface area contributed by atoms with Crippen molar-refractivity contribution < 1.29 is 4.74 Å². The van der Waals surface area contributed by atoms with Crippen molar-refractivity contribution in [1.82, 2.24) is 4.98 Å². The third kappa shape index (κ3) is 2.76. The lowest BCUT2D eigenvalue weighted by molar-refractivity contribution is 0.295. The van der Waals surface area contributed by atoms with Crippen molar-refractivity contribution >= 4 is 0 Å². The molecule has 0 spiro atoms. The Balaban J connectivity index is 2.21. The van der Waals surface area contributed by atoms with E-state index in [4.69, 9.17) is 10.00 Å². The Morgan fingerprint density at radius 3 is 3.00 bits per heavy atom. The van der Waals surface area contributed by atoms with E-state index in [1.807, 2.05) is 6.07 Å². The molecule has 1 heterocycles. The van der Waals surface area contributed by atoms with Crippen LogP contribution in [-0.2, 0) is 12.8 Å². The summed E-state index contributed by atoms with van der Waals surface area (Å²) in [6, 6.07) is 4.15. The lowest BCUT2D eigenvalue weighted by Crippen LogP contribution is -2.09. The minimum atomic E-state index is 0.529. The summed E-state index contributed by atoms with van der Waals surface area (Å²) in [6.07, 6.45) is 6.56. The van der Waals surface area contributed by atoms with Gasteiger partial charge in [0.2, 0.25) is 5.88 Å². The zero-order valence-corrected chi connectivity index (χ0v) is 10.3. The Bertz CT molecular complexity index is 435. The fourth-order valence-electron chi connectivity index (χ4n) is 2.12. The molecule has 0 aromatic carbocycles. The number of unbranched alkanes of at least 4 members (excludes halogenated alkanes) is 1. The normalized spacial score (nSPS) is 13.9. The molecule has 1 aliphatic carbocycles. The highest BCUT2D eigenvalue weighted by molar-refractivity contribution is 5.43. The van der Waals surface area contributed by atoms with Crippen LogP contribution in [0.4, 0.5) is 0 Å². The second-order valence-electron chi connectivity index (χ2n) is 4.47. The maximum Gasteiger partial charge on any atom is 0.231 e. The van der Waals surface area contributed by atoms with Crippen LogP contribution < -0.4 is 4.74 Å². The number of rotatable bonds is 4. The summed E-state index contributed by atoms with van der Waals surface area (Å²) in [7, 11) is 0. The van der Waals surface area contributed by atoms with Crippen molar-refractivity contribution in [1.29, 1.82) is 5.26 Å². The number of aromatic nitrogens is 1. The molecule has 1 aromatic rings. The van der Waals surface area contributed by atoms with Crippen LogP contribution in [0, 0.1) is 11.3 Å². The predicted molar refractivity (Wildman–Crippen MR) is 66.0 cm³/mol. The molecule has 0 amide bonds. The number of aryl methyl sites for hydroxylation is 2. The molecule has 0 atom stereocenters. The lowest BCUT2D eigenvalue weighted by Gasteiger charge is -2.16. The molecule has 0 unspecified atom stereocenters. The van der Waals surface area contributed by atoms with Gasteiger partial charge in [0.25, 0.3) is 0 Å². The zero-order chi connectivity index (χ0) is 12.1. The molecule has 0 fully saturated rings. The van der Waals surface area contributed by atoms with Crippen LogP contribution in [0.1, 0.15) is 49.4 Å². The molecule has 17 heavy (non-hydrogen) atoms. The van der Waals surface area contributed by atoms with Gasteiger partial charge in [-0.05, 0) is 43.7 Å². The van der Waals surface area contributed by atoms with Gasteiger partial charge in [-0.2, -0.15) is 5.26 Å². The van der Waals surface area contributed by atoms with Crippen LogP contribution in [-0.4, -0.2) is 11.6 Å². The molecule has 0 saturated heterocycles. The SMILES string of the molecule is CCCCOc1nc2c(cc1C#N)CCCC2. The molecular weight excluding hydrogens is 212 g/mol. The summed E-state index contributed by atoms with van der Waals surface area (Å²) >= 11 is 0. The van der Waals surface area contributed by atoms with Gasteiger partial charge in [0.05, 0.1) is 6.61 Å². The lowest BCUT2D eigenvalue weighted by atomic mass is 9.95. The van der Waals surface area contributed by atoms with Gasteiger partial charge in [-0.1, -0.05) is 13.3 Å². The Labute approximate surface area is 102 Å². The van der Waals surface area contributed by atoms with E-state index < -0.39 is 0 Å². The predicted octanol–water partition coefficient (Wildman–Crippen LogP) is 3.01. The number of nitrogens with zero attached hydrogens (tertiary/aromatic N) is 2. The van der Waals surface area contributed by atoms with Gasteiger partial charge in [0, 0.05) is 5.69 Å². The van der Waals surface area contributed by atoms with E-state index in [1.165, 1.54) is 18.4 Å². The summed E-state index contributed by atoms with van der Waals surface area (Å²) in [4.78, 5) is 4.51. The minimum Gasteiger partial charge on any atom is -0.477 e. The number of fused-ring (bicyclic) bond motifs is 1. The summed E-state index contributed by atoms with van der Waals surface area (Å²) in [5.74, 6) is 0.529. The average Bonchev–Trinajstić information content (AvgIpc) is 2.38. The van der Waals surface area contributed by atoms with Crippen LogP contribution in [0.5, 0.6) is 5.88 Å². The maximum absolute atomic E-state index is 9.11. The van der Waals surface area contributed by atoms with Gasteiger partial charge in [-0.25, -0.2) is 4.98 Å². The molecule has 0 bridgehead atoms. The van der Waals surface area contributed by atoms with E-state index in [2.05, 4.69) is 18.0 Å². The summed E-state index contributed by atoms with van der Waals surface area (Å²) < 4.78 is 5.60. The van der Waals surface area contributed by atoms with Crippen LogP contribution in [0.15, 0.2) is 6.07 Å². The fraction of sp³-hybridized carbons (Fsp3) is 0.571. The molecule has 90 valence electrons. The second-order valence-corrected chi connectivity index (χ2v) is 4.47. The van der Waals surface area contributed by atoms with Crippen LogP contribution in [0.2, 0.25) is 0 Å². The Morgan fingerprint density at radius 1 is 1.41 bits per heavy atom. The van der Waals surface area contributed by atoms with Crippen molar-refractivity contribution in [2.45, 2.75) is 45.4 Å². The first kappa shape index (κ1) is 11.9. The Morgan fingerprint density at radius 2 is 2.24 bits per heavy atom. The fourth-order valence-corrected chi connectivity index (χ4v) is 2.12. The Hall–Kier alpha value is -1.56. The molecule has 0 radical (unpaired) electrons. The smallest absolute Gasteiger partial charge is 0.231 e. The first-order valence-electron chi connectivity index (χ1n) is 6.41. The zero-order valence-electron chi connectivity index (χ0n) is 10.3. The van der Waals surface area contributed by atoms with E-state index in [0.717, 1.165) is 31.4 Å². The maximum atomic E-state index is 9.11. The van der Waals surface area contributed by atoms with E-state index in [1.54, 1.807) is 0 Å². The second kappa shape index (κ2) is 5.67. The summed E-state index contributed by atoms with van der Waals surface area (Å²) in [5.41, 5.74) is 2.94. The van der Waals surface area contributed by atoms with Gasteiger partial charge in [0.1, 0.15) is 11.6 Å². The molecule has 3 nitrogen and oxygen atoms in total. The molecule has 3 heteroatoms. The average molecular weight is 230 g/mol.